The maximum Gasteiger partial charge on any atom is 0.350 e. The summed E-state index contributed by atoms with van der Waals surface area (Å²) in [5, 5.41) is 7.57. The van der Waals surface area contributed by atoms with Crippen molar-refractivity contribution in [3.05, 3.63) is 15.6 Å². The quantitative estimate of drug-likeness (QED) is 0.205. The van der Waals surface area contributed by atoms with E-state index in [9.17, 15) is 4.79 Å². The van der Waals surface area contributed by atoms with Crippen LogP contribution in [0.5, 0.6) is 0 Å². The molecule has 9 heteroatoms. The fraction of sp³-hybridized carbons (Fsp3) is 0.750. The Morgan fingerprint density at radius 3 is 2.59 bits per heavy atom. The molecule has 0 amide bonds. The van der Waals surface area contributed by atoms with Crippen LogP contribution in [0, 0.1) is 6.92 Å². The van der Waals surface area contributed by atoms with E-state index in [0.29, 0.717) is 23.2 Å². The zero-order valence-electron chi connectivity index (χ0n) is 18.4. The molecule has 0 saturated heterocycles. The third-order valence-corrected chi connectivity index (χ3v) is 5.97. The van der Waals surface area contributed by atoms with Gasteiger partial charge in [-0.2, -0.15) is 0 Å². The lowest BCUT2D eigenvalue weighted by Crippen LogP contribution is -2.40. The van der Waals surface area contributed by atoms with E-state index in [2.05, 4.69) is 41.3 Å². The molecule has 0 bridgehead atoms. The molecule has 2 N–H and O–H groups in total. The van der Waals surface area contributed by atoms with Crippen molar-refractivity contribution in [3.63, 3.8) is 0 Å². The van der Waals surface area contributed by atoms with Crippen LogP contribution in [0.4, 0.5) is 0 Å². The Kier molecular flexibility index (Phi) is 11.4. The number of hydrogen-bond acceptors (Lipinski definition) is 6. The number of aryl methyl sites for hydroxylation is 1. The van der Waals surface area contributed by atoms with E-state index in [-0.39, 0.29) is 36.0 Å². The third-order valence-electron chi connectivity index (χ3n) is 4.65. The fourth-order valence-electron chi connectivity index (χ4n) is 3.12. The van der Waals surface area contributed by atoms with Crippen LogP contribution >= 0.6 is 35.3 Å². The highest BCUT2D eigenvalue weighted by molar-refractivity contribution is 14.0. The van der Waals surface area contributed by atoms with Gasteiger partial charge in [-0.25, -0.2) is 9.78 Å². The predicted octanol–water partition coefficient (Wildman–Crippen LogP) is 3.74. The average Bonchev–Trinajstić information content (AvgIpc) is 3.39. The van der Waals surface area contributed by atoms with Gasteiger partial charge in [0.25, 0.3) is 0 Å². The first-order chi connectivity index (χ1) is 13.4. The Morgan fingerprint density at radius 2 is 2.03 bits per heavy atom. The van der Waals surface area contributed by atoms with Gasteiger partial charge in [-0.15, -0.1) is 35.3 Å². The number of thiazole rings is 1. The van der Waals surface area contributed by atoms with E-state index in [1.54, 1.807) is 0 Å². The number of nitrogens with zero attached hydrogens (tertiary/aromatic N) is 3. The van der Waals surface area contributed by atoms with Crippen molar-refractivity contribution < 1.29 is 9.53 Å². The number of guanidine groups is 1. The molecule has 1 aliphatic rings. The van der Waals surface area contributed by atoms with Gasteiger partial charge >= 0.3 is 5.97 Å². The maximum absolute atomic E-state index is 12.0. The van der Waals surface area contributed by atoms with E-state index < -0.39 is 0 Å². The molecule has 1 aromatic heterocycles. The number of nitrogens with one attached hydrogen (secondary N) is 2. The molecule has 29 heavy (non-hydrogen) atoms. The number of ether oxygens (including phenoxy) is 1. The molecule has 1 atom stereocenters. The molecule has 7 nitrogen and oxygen atoms in total. The Labute approximate surface area is 196 Å². The van der Waals surface area contributed by atoms with Crippen molar-refractivity contribution in [3.8, 4) is 0 Å². The predicted molar refractivity (Wildman–Crippen MR) is 131 cm³/mol. The lowest BCUT2D eigenvalue weighted by molar-refractivity contribution is 0.0531. The van der Waals surface area contributed by atoms with Crippen LogP contribution in [-0.2, 0) is 4.74 Å². The van der Waals surface area contributed by atoms with Gasteiger partial charge < -0.3 is 15.4 Å². The highest BCUT2D eigenvalue weighted by atomic mass is 127. The van der Waals surface area contributed by atoms with Gasteiger partial charge in [-0.1, -0.05) is 0 Å². The molecule has 0 aliphatic heterocycles. The lowest BCUT2D eigenvalue weighted by Gasteiger charge is -2.25. The topological polar surface area (TPSA) is 78.9 Å². The summed E-state index contributed by atoms with van der Waals surface area (Å²) < 4.78 is 5.11. The molecule has 1 fully saturated rings. The number of aromatic nitrogens is 1. The van der Waals surface area contributed by atoms with Crippen LogP contribution in [0.3, 0.4) is 0 Å². The largest absolute Gasteiger partial charge is 0.462 e. The van der Waals surface area contributed by atoms with Crippen molar-refractivity contribution in [2.45, 2.75) is 72.5 Å². The highest BCUT2D eigenvalue weighted by Crippen LogP contribution is 2.28. The number of carbonyl (C=O) groups excluding carboxylic acids is 1. The monoisotopic (exact) mass is 537 g/mol. The molecule has 1 aliphatic carbocycles. The minimum absolute atomic E-state index is 0. The smallest absolute Gasteiger partial charge is 0.350 e. The van der Waals surface area contributed by atoms with E-state index in [0.717, 1.165) is 36.6 Å². The van der Waals surface area contributed by atoms with E-state index in [1.807, 2.05) is 20.8 Å². The first-order valence-electron chi connectivity index (χ1n) is 10.3. The van der Waals surface area contributed by atoms with Gasteiger partial charge in [0.1, 0.15) is 9.88 Å². The molecule has 0 radical (unpaired) electrons. The summed E-state index contributed by atoms with van der Waals surface area (Å²) in [5.41, 5.74) is 0.714. The number of aliphatic imine (C=N–C) groups is 1. The number of esters is 1. The molecular formula is C20H36IN5O2S. The average molecular weight is 538 g/mol. The van der Waals surface area contributed by atoms with Gasteiger partial charge in [0.15, 0.2) is 5.96 Å². The minimum Gasteiger partial charge on any atom is -0.462 e. The molecule has 1 aromatic rings. The van der Waals surface area contributed by atoms with Gasteiger partial charge in [0.2, 0.25) is 0 Å². The number of carbonyl (C=O) groups is 1. The third kappa shape index (κ3) is 8.01. The summed E-state index contributed by atoms with van der Waals surface area (Å²) in [4.78, 5) is 24.4. The number of rotatable bonds is 10. The second-order valence-electron chi connectivity index (χ2n) is 7.38. The number of hydrogen-bond donors (Lipinski definition) is 2. The lowest BCUT2D eigenvalue weighted by atomic mass is 10.3. The second kappa shape index (κ2) is 12.7. The molecule has 1 saturated carbocycles. The first-order valence-corrected chi connectivity index (χ1v) is 11.1. The molecule has 0 spiro atoms. The summed E-state index contributed by atoms with van der Waals surface area (Å²) in [6.45, 7) is 15.1. The Morgan fingerprint density at radius 1 is 1.34 bits per heavy atom. The van der Waals surface area contributed by atoms with E-state index >= 15 is 0 Å². The van der Waals surface area contributed by atoms with E-state index in [4.69, 9.17) is 9.73 Å². The summed E-state index contributed by atoms with van der Waals surface area (Å²) in [7, 11) is 0. The van der Waals surface area contributed by atoms with Crippen molar-refractivity contribution in [2.24, 2.45) is 4.99 Å². The standard InChI is InChI=1S/C20H35N5O2S.HI/c1-7-21-20(22-11-12-25(13(3)4)16-9-10-16)24-15(6)18-23-14(5)17(28-18)19(26)27-8-2;/h13,15-16H,7-12H2,1-6H3,(H2,21,22,24);1H. The molecule has 166 valence electrons. The summed E-state index contributed by atoms with van der Waals surface area (Å²) >= 11 is 1.38. The van der Waals surface area contributed by atoms with Crippen LogP contribution in [0.1, 0.15) is 73.9 Å². The van der Waals surface area contributed by atoms with Crippen molar-refractivity contribution in [2.75, 3.05) is 26.2 Å². The maximum atomic E-state index is 12.0. The highest BCUT2D eigenvalue weighted by Gasteiger charge is 2.30. The van der Waals surface area contributed by atoms with Gasteiger partial charge in [-0.05, 0) is 54.4 Å². The van der Waals surface area contributed by atoms with Gasteiger partial charge in [0, 0.05) is 25.2 Å². The SMILES string of the molecule is CCNC(=NCCN(C(C)C)C1CC1)NC(C)c1nc(C)c(C(=O)OCC)s1.I. The minimum atomic E-state index is -0.301. The number of halogens is 1. The van der Waals surface area contributed by atoms with Crippen LogP contribution < -0.4 is 10.6 Å². The van der Waals surface area contributed by atoms with Crippen molar-refractivity contribution in [1.29, 1.82) is 0 Å². The van der Waals surface area contributed by atoms with Crippen molar-refractivity contribution >= 4 is 47.2 Å². The van der Waals surface area contributed by atoms with Gasteiger partial charge in [-0.3, -0.25) is 9.89 Å². The normalized spacial score (nSPS) is 15.2. The molecule has 1 heterocycles. The Bertz CT molecular complexity index is 674. The fourth-order valence-corrected chi connectivity index (χ4v) is 4.08. The van der Waals surface area contributed by atoms with E-state index in [1.165, 1.54) is 24.2 Å². The summed E-state index contributed by atoms with van der Waals surface area (Å²) in [6.07, 6.45) is 2.62. The van der Waals surface area contributed by atoms with Crippen molar-refractivity contribution in [1.82, 2.24) is 20.5 Å². The van der Waals surface area contributed by atoms with Crippen LogP contribution in [0.25, 0.3) is 0 Å². The van der Waals surface area contributed by atoms with Crippen LogP contribution in [0.15, 0.2) is 4.99 Å². The second-order valence-corrected chi connectivity index (χ2v) is 8.41. The molecule has 0 aromatic carbocycles. The first kappa shape index (κ1) is 26.1. The zero-order chi connectivity index (χ0) is 20.7. The van der Waals surface area contributed by atoms with Crippen LogP contribution in [-0.4, -0.2) is 60.1 Å². The summed E-state index contributed by atoms with van der Waals surface area (Å²) in [5.74, 6) is 0.477. The van der Waals surface area contributed by atoms with Crippen LogP contribution in [0.2, 0.25) is 0 Å². The molecule has 2 rings (SSSR count). The van der Waals surface area contributed by atoms with Gasteiger partial charge in [0.05, 0.1) is 24.9 Å². The Balaban J connectivity index is 0.00000420. The zero-order valence-corrected chi connectivity index (χ0v) is 21.6. The molecular weight excluding hydrogens is 501 g/mol. The summed E-state index contributed by atoms with van der Waals surface area (Å²) in [6, 6.07) is 1.25. The molecule has 1 unspecified atom stereocenters. The Hall–Kier alpha value is -0.940.